The van der Waals surface area contributed by atoms with Crippen molar-refractivity contribution in [1.82, 2.24) is 0 Å². The smallest absolute Gasteiger partial charge is 0.343 e. The molecule has 0 bridgehead atoms. The third-order valence-corrected chi connectivity index (χ3v) is 3.84. The molecule has 0 aliphatic heterocycles. The number of rotatable bonds is 3. The molecule has 0 heterocycles. The molecular formula is C20H17NO3. The van der Waals surface area contributed by atoms with Gasteiger partial charge in [-0.05, 0) is 37.1 Å². The van der Waals surface area contributed by atoms with E-state index in [0.717, 1.165) is 5.57 Å². The summed E-state index contributed by atoms with van der Waals surface area (Å²) in [6.45, 7) is 3.64. The van der Waals surface area contributed by atoms with Crippen molar-refractivity contribution in [3.05, 3.63) is 88.3 Å². The largest absolute Gasteiger partial charge is 0.422 e. The fraction of sp³-hybridized carbons (Fsp3) is 0.100. The number of esters is 1. The number of carbonyl (C=O) groups is 2. The minimum Gasteiger partial charge on any atom is -0.422 e. The number of ketones is 1. The summed E-state index contributed by atoms with van der Waals surface area (Å²) in [5.41, 5.74) is 9.04. The van der Waals surface area contributed by atoms with E-state index in [1.165, 1.54) is 0 Å². The predicted octanol–water partition coefficient (Wildman–Crippen LogP) is 3.70. The van der Waals surface area contributed by atoms with Gasteiger partial charge in [0.2, 0.25) is 5.78 Å². The van der Waals surface area contributed by atoms with E-state index in [4.69, 9.17) is 10.5 Å². The first-order chi connectivity index (χ1) is 11.5. The second-order valence-corrected chi connectivity index (χ2v) is 5.75. The minimum absolute atomic E-state index is 0.105. The highest BCUT2D eigenvalue weighted by Crippen LogP contribution is 2.37. The molecule has 1 aliphatic carbocycles. The number of Topliss-reactive ketones (excluding diaryl/α,β-unsaturated/α-hetero) is 1. The highest BCUT2D eigenvalue weighted by Gasteiger charge is 2.31. The van der Waals surface area contributed by atoms with Crippen molar-refractivity contribution in [3.8, 4) is 0 Å². The van der Waals surface area contributed by atoms with Gasteiger partial charge >= 0.3 is 5.97 Å². The molecule has 120 valence electrons. The van der Waals surface area contributed by atoms with Crippen molar-refractivity contribution < 1.29 is 14.3 Å². The van der Waals surface area contributed by atoms with Crippen LogP contribution in [0, 0.1) is 0 Å². The normalized spacial score (nSPS) is 12.8. The highest BCUT2D eigenvalue weighted by molar-refractivity contribution is 6.22. The maximum absolute atomic E-state index is 12.4. The topological polar surface area (TPSA) is 69.4 Å². The van der Waals surface area contributed by atoms with Gasteiger partial charge in [0.25, 0.3) is 0 Å². The van der Waals surface area contributed by atoms with E-state index < -0.39 is 5.97 Å². The lowest BCUT2D eigenvalue weighted by Crippen LogP contribution is -2.11. The van der Waals surface area contributed by atoms with Crippen LogP contribution in [0.5, 0.6) is 0 Å². The van der Waals surface area contributed by atoms with E-state index in [0.29, 0.717) is 28.0 Å². The van der Waals surface area contributed by atoms with E-state index in [-0.39, 0.29) is 11.5 Å². The number of hydrogen-bond acceptors (Lipinski definition) is 4. The summed E-state index contributed by atoms with van der Waals surface area (Å²) in [6.07, 6.45) is 0. The van der Waals surface area contributed by atoms with Crippen LogP contribution < -0.4 is 5.73 Å². The van der Waals surface area contributed by atoms with Crippen LogP contribution >= 0.6 is 0 Å². The van der Waals surface area contributed by atoms with Crippen LogP contribution in [0.1, 0.15) is 40.1 Å². The van der Waals surface area contributed by atoms with E-state index in [2.05, 4.69) is 0 Å². The average molecular weight is 319 g/mol. The van der Waals surface area contributed by atoms with Gasteiger partial charge in [-0.3, -0.25) is 4.79 Å². The summed E-state index contributed by atoms with van der Waals surface area (Å²) >= 11 is 0. The van der Waals surface area contributed by atoms with Crippen LogP contribution in [0.15, 0.2) is 71.6 Å². The molecule has 0 spiro atoms. The van der Waals surface area contributed by atoms with E-state index >= 15 is 0 Å². The van der Waals surface area contributed by atoms with Crippen LogP contribution in [-0.4, -0.2) is 11.8 Å². The second-order valence-electron chi connectivity index (χ2n) is 5.75. The third-order valence-electron chi connectivity index (χ3n) is 3.84. The molecule has 4 nitrogen and oxygen atoms in total. The molecule has 24 heavy (non-hydrogen) atoms. The van der Waals surface area contributed by atoms with Crippen LogP contribution in [0.3, 0.4) is 0 Å². The first-order valence-electron chi connectivity index (χ1n) is 7.59. The zero-order valence-corrected chi connectivity index (χ0v) is 13.5. The number of fused-ring (bicyclic) bond motifs is 1. The first kappa shape index (κ1) is 15.7. The molecule has 4 heteroatoms. The Morgan fingerprint density at radius 2 is 1.50 bits per heavy atom. The fourth-order valence-electron chi connectivity index (χ4n) is 2.68. The lowest BCUT2D eigenvalue weighted by molar-refractivity contribution is 0.0636. The maximum atomic E-state index is 12.4. The van der Waals surface area contributed by atoms with Gasteiger partial charge in [0.15, 0.2) is 0 Å². The van der Waals surface area contributed by atoms with Crippen molar-refractivity contribution in [2.45, 2.75) is 13.8 Å². The Kier molecular flexibility index (Phi) is 4.04. The Morgan fingerprint density at radius 3 is 2.12 bits per heavy atom. The third kappa shape index (κ3) is 2.63. The number of benzene rings is 2. The van der Waals surface area contributed by atoms with Gasteiger partial charge in [-0.15, -0.1) is 0 Å². The maximum Gasteiger partial charge on any atom is 0.343 e. The van der Waals surface area contributed by atoms with Crippen LogP contribution in [0.4, 0.5) is 0 Å². The van der Waals surface area contributed by atoms with Gasteiger partial charge in [-0.1, -0.05) is 42.5 Å². The monoisotopic (exact) mass is 319 g/mol. The van der Waals surface area contributed by atoms with Crippen LogP contribution in [0.2, 0.25) is 0 Å². The molecule has 0 atom stereocenters. The quantitative estimate of drug-likeness (QED) is 0.692. The van der Waals surface area contributed by atoms with Crippen LogP contribution in [-0.2, 0) is 4.74 Å². The summed E-state index contributed by atoms with van der Waals surface area (Å²) in [5.74, 6) is -0.390. The predicted molar refractivity (Wildman–Crippen MR) is 92.1 cm³/mol. The van der Waals surface area contributed by atoms with Gasteiger partial charge in [0, 0.05) is 5.56 Å². The zero-order valence-electron chi connectivity index (χ0n) is 13.5. The van der Waals surface area contributed by atoms with Gasteiger partial charge in [0.1, 0.15) is 5.76 Å². The van der Waals surface area contributed by atoms with Gasteiger partial charge in [0.05, 0.1) is 16.8 Å². The van der Waals surface area contributed by atoms with Crippen molar-refractivity contribution in [2.75, 3.05) is 0 Å². The molecule has 0 saturated carbocycles. The van der Waals surface area contributed by atoms with Crippen molar-refractivity contribution in [2.24, 2.45) is 5.73 Å². The van der Waals surface area contributed by atoms with E-state index in [1.54, 1.807) is 36.4 Å². The summed E-state index contributed by atoms with van der Waals surface area (Å²) in [6, 6.07) is 15.8. The van der Waals surface area contributed by atoms with Gasteiger partial charge < -0.3 is 10.5 Å². The number of nitrogens with two attached hydrogens (primary N) is 1. The first-order valence-corrected chi connectivity index (χ1v) is 7.59. The van der Waals surface area contributed by atoms with Crippen molar-refractivity contribution in [1.29, 1.82) is 0 Å². The van der Waals surface area contributed by atoms with Gasteiger partial charge in [-0.2, -0.15) is 0 Å². The molecule has 3 rings (SSSR count). The summed E-state index contributed by atoms with van der Waals surface area (Å²) in [5, 5.41) is 0. The van der Waals surface area contributed by atoms with Crippen molar-refractivity contribution in [3.63, 3.8) is 0 Å². The Morgan fingerprint density at radius 1 is 0.917 bits per heavy atom. The molecule has 0 radical (unpaired) electrons. The molecule has 1 aliphatic rings. The standard InChI is InChI=1S/C20H17NO3/c1-12(2)19(24-20(23)13-8-4-3-5-9-13)16-14-10-6-7-11-15(14)18(22)17(16)21/h3-11H,1-2H3,(H2,21,22). The van der Waals surface area contributed by atoms with Gasteiger partial charge in [-0.25, -0.2) is 4.79 Å². The van der Waals surface area contributed by atoms with Crippen LogP contribution in [0.25, 0.3) is 5.57 Å². The molecule has 2 aromatic rings. The molecule has 0 unspecified atom stereocenters. The zero-order chi connectivity index (χ0) is 17.3. The molecule has 0 aromatic heterocycles. The number of allylic oxidation sites excluding steroid dienone is 3. The molecule has 0 amide bonds. The number of hydrogen-bond donors (Lipinski definition) is 1. The lowest BCUT2D eigenvalue weighted by atomic mass is 10.0. The Balaban J connectivity index is 2.04. The fourth-order valence-corrected chi connectivity index (χ4v) is 2.68. The molecular weight excluding hydrogens is 302 g/mol. The lowest BCUT2D eigenvalue weighted by Gasteiger charge is -2.14. The SMILES string of the molecule is CC(C)=C(OC(=O)c1ccccc1)C1=C(N)C(=O)c2ccccc21. The summed E-state index contributed by atoms with van der Waals surface area (Å²) in [7, 11) is 0. The average Bonchev–Trinajstić information content (AvgIpc) is 2.85. The Labute approximate surface area is 140 Å². The molecule has 2 aromatic carbocycles. The molecule has 0 fully saturated rings. The number of carbonyl (C=O) groups excluding carboxylic acids is 2. The second kappa shape index (κ2) is 6.16. The van der Waals surface area contributed by atoms with E-state index in [1.807, 2.05) is 32.0 Å². The molecule has 0 saturated heterocycles. The van der Waals surface area contributed by atoms with E-state index in [9.17, 15) is 9.59 Å². The minimum atomic E-state index is -0.482. The molecule has 2 N–H and O–H groups in total. The van der Waals surface area contributed by atoms with Crippen molar-refractivity contribution >= 4 is 17.3 Å². The number of ether oxygens (including phenoxy) is 1. The highest BCUT2D eigenvalue weighted by atomic mass is 16.5. The Hall–Kier alpha value is -3.14. The summed E-state index contributed by atoms with van der Waals surface area (Å²) < 4.78 is 5.61. The Bertz CT molecular complexity index is 888. The summed E-state index contributed by atoms with van der Waals surface area (Å²) in [4.78, 5) is 24.8.